The minimum absolute atomic E-state index is 0.0418. The number of sulfone groups is 1. The lowest BCUT2D eigenvalue weighted by atomic mass is 10.1. The predicted octanol–water partition coefficient (Wildman–Crippen LogP) is 3.84. The number of nitrogens with zero attached hydrogens (tertiary/aromatic N) is 5. The Morgan fingerprint density at radius 1 is 1.02 bits per heavy atom. The number of pyridine rings is 1. The quantitative estimate of drug-likeness (QED) is 0.371. The van der Waals surface area contributed by atoms with E-state index in [2.05, 4.69) is 19.9 Å². The molecule has 41 heavy (non-hydrogen) atoms. The number of ether oxygens (including phenoxy) is 2. The Morgan fingerprint density at radius 3 is 2.41 bits per heavy atom. The molecule has 218 valence electrons. The third-order valence-corrected chi connectivity index (χ3v) is 8.60. The molecule has 5 rings (SSSR count). The molecular formula is C29H34FN5O5S. The van der Waals surface area contributed by atoms with Crippen molar-refractivity contribution >= 4 is 15.7 Å². The molecule has 0 unspecified atom stereocenters. The minimum Gasteiger partial charge on any atom is -0.474 e. The molecule has 1 amide bonds. The summed E-state index contributed by atoms with van der Waals surface area (Å²) in [6.07, 6.45) is 8.43. The Balaban J connectivity index is 1.14. The van der Waals surface area contributed by atoms with E-state index in [9.17, 15) is 17.6 Å². The first kappa shape index (κ1) is 28.9. The Hall–Kier alpha value is -3.64. The second-order valence-electron chi connectivity index (χ2n) is 10.5. The topological polar surface area (TPSA) is 115 Å². The van der Waals surface area contributed by atoms with Gasteiger partial charge in [0.2, 0.25) is 11.8 Å². The molecule has 2 aliphatic heterocycles. The monoisotopic (exact) mass is 583 g/mol. The lowest BCUT2D eigenvalue weighted by Gasteiger charge is -2.32. The number of hydrogen-bond donors (Lipinski definition) is 0. The van der Waals surface area contributed by atoms with Gasteiger partial charge in [0.05, 0.1) is 16.0 Å². The average molecular weight is 584 g/mol. The second kappa shape index (κ2) is 12.5. The van der Waals surface area contributed by atoms with E-state index in [1.54, 1.807) is 13.1 Å². The largest absolute Gasteiger partial charge is 0.474 e. The molecule has 0 aliphatic carbocycles. The predicted molar refractivity (Wildman–Crippen MR) is 150 cm³/mol. The molecular weight excluding hydrogens is 549 g/mol. The van der Waals surface area contributed by atoms with E-state index < -0.39 is 15.7 Å². The third kappa shape index (κ3) is 7.17. The molecule has 0 N–H and O–H groups in total. The number of carbonyl (C=O) groups excluding carboxylic acids is 1. The van der Waals surface area contributed by atoms with E-state index in [4.69, 9.17) is 9.47 Å². The lowest BCUT2D eigenvalue weighted by molar-refractivity contribution is 0.0585. The van der Waals surface area contributed by atoms with Gasteiger partial charge in [0, 0.05) is 57.0 Å². The molecule has 0 atom stereocenters. The van der Waals surface area contributed by atoms with E-state index in [0.29, 0.717) is 42.9 Å². The van der Waals surface area contributed by atoms with Gasteiger partial charge in [-0.1, -0.05) is 0 Å². The fourth-order valence-corrected chi connectivity index (χ4v) is 5.67. The number of carbonyl (C=O) groups is 1. The van der Waals surface area contributed by atoms with Crippen LogP contribution in [0.25, 0.3) is 0 Å². The molecule has 2 aromatic heterocycles. The standard InChI is InChI=1S/C29H34FN5O5S/c1-20-27(32-19-33-28(20)40-26-8-7-24(17-25(26)30)41(2,37)38)39-23-10-15-35(16-11-23)29(36)21-5-6-22(31-18-21)9-14-34-12-3-4-13-34/h5-8,17-19,23H,3-4,9-16H2,1-2H3. The number of likely N-dealkylation sites (tertiary alicyclic amines) is 2. The molecule has 1 aromatic carbocycles. The van der Waals surface area contributed by atoms with E-state index in [1.165, 1.54) is 31.3 Å². The van der Waals surface area contributed by atoms with Gasteiger partial charge in [-0.25, -0.2) is 22.8 Å². The summed E-state index contributed by atoms with van der Waals surface area (Å²) in [4.78, 5) is 30.0. The molecule has 0 saturated carbocycles. The summed E-state index contributed by atoms with van der Waals surface area (Å²) in [5.41, 5.74) is 2.06. The molecule has 10 nitrogen and oxygen atoms in total. The average Bonchev–Trinajstić information content (AvgIpc) is 3.49. The molecule has 2 aliphatic rings. The van der Waals surface area contributed by atoms with Gasteiger partial charge in [-0.3, -0.25) is 9.78 Å². The maximum Gasteiger partial charge on any atom is 0.255 e. The first-order chi connectivity index (χ1) is 19.7. The summed E-state index contributed by atoms with van der Waals surface area (Å²) >= 11 is 0. The van der Waals surface area contributed by atoms with E-state index >= 15 is 0 Å². The SMILES string of the molecule is Cc1c(Oc2ccc(S(C)(=O)=O)cc2F)ncnc1OC1CCN(C(=O)c2ccc(CCN3CCCC3)nc2)CC1. The van der Waals surface area contributed by atoms with E-state index in [-0.39, 0.29) is 28.5 Å². The van der Waals surface area contributed by atoms with Crippen molar-refractivity contribution in [2.75, 3.05) is 39.0 Å². The first-order valence-electron chi connectivity index (χ1n) is 13.8. The van der Waals surface area contributed by atoms with Crippen molar-refractivity contribution in [2.24, 2.45) is 0 Å². The lowest BCUT2D eigenvalue weighted by Crippen LogP contribution is -2.42. The molecule has 2 fully saturated rings. The highest BCUT2D eigenvalue weighted by atomic mass is 32.2. The number of benzene rings is 1. The van der Waals surface area contributed by atoms with Crippen LogP contribution in [0.5, 0.6) is 17.5 Å². The zero-order valence-corrected chi connectivity index (χ0v) is 24.1. The van der Waals surface area contributed by atoms with E-state index in [1.807, 2.05) is 17.0 Å². The fraction of sp³-hybridized carbons (Fsp3) is 0.448. The molecule has 4 heterocycles. The Kier molecular flexibility index (Phi) is 8.79. The van der Waals surface area contributed by atoms with Crippen LogP contribution in [0.1, 0.15) is 47.3 Å². The number of rotatable bonds is 9. The van der Waals surface area contributed by atoms with Gasteiger partial charge in [-0.15, -0.1) is 0 Å². The molecule has 0 bridgehead atoms. The molecule has 0 radical (unpaired) electrons. The highest BCUT2D eigenvalue weighted by Gasteiger charge is 2.26. The van der Waals surface area contributed by atoms with Crippen molar-refractivity contribution in [2.45, 2.75) is 50.0 Å². The zero-order valence-electron chi connectivity index (χ0n) is 23.3. The second-order valence-corrected chi connectivity index (χ2v) is 12.5. The first-order valence-corrected chi connectivity index (χ1v) is 15.7. The maximum absolute atomic E-state index is 14.5. The summed E-state index contributed by atoms with van der Waals surface area (Å²) in [5.74, 6) is -0.616. The Bertz CT molecular complexity index is 1490. The van der Waals surface area contributed by atoms with Crippen molar-refractivity contribution in [3.63, 3.8) is 0 Å². The van der Waals surface area contributed by atoms with Crippen LogP contribution in [0, 0.1) is 12.7 Å². The summed E-state index contributed by atoms with van der Waals surface area (Å²) in [6.45, 7) is 6.09. The fourth-order valence-electron chi connectivity index (χ4n) is 5.03. The van der Waals surface area contributed by atoms with Crippen LogP contribution in [0.15, 0.2) is 47.8 Å². The van der Waals surface area contributed by atoms with Gasteiger partial charge in [0.1, 0.15) is 12.4 Å². The number of halogens is 1. The van der Waals surface area contributed by atoms with Crippen LogP contribution in [-0.2, 0) is 16.3 Å². The molecule has 2 saturated heterocycles. The number of amides is 1. The summed E-state index contributed by atoms with van der Waals surface area (Å²) < 4.78 is 49.6. The normalized spacial score (nSPS) is 16.6. The van der Waals surface area contributed by atoms with Crippen LogP contribution in [0.3, 0.4) is 0 Å². The number of aromatic nitrogens is 3. The smallest absolute Gasteiger partial charge is 0.255 e. The van der Waals surface area contributed by atoms with Gasteiger partial charge in [0.15, 0.2) is 21.4 Å². The number of piperidine rings is 1. The summed E-state index contributed by atoms with van der Waals surface area (Å²) in [7, 11) is -3.55. The summed E-state index contributed by atoms with van der Waals surface area (Å²) in [5, 5.41) is 0. The number of hydrogen-bond acceptors (Lipinski definition) is 9. The molecule has 0 spiro atoms. The molecule has 12 heteroatoms. The summed E-state index contributed by atoms with van der Waals surface area (Å²) in [6, 6.07) is 7.24. The third-order valence-electron chi connectivity index (χ3n) is 7.49. The van der Waals surface area contributed by atoms with Crippen LogP contribution >= 0.6 is 0 Å². The van der Waals surface area contributed by atoms with Gasteiger partial charge < -0.3 is 19.3 Å². The molecule has 3 aromatic rings. The van der Waals surface area contributed by atoms with Crippen LogP contribution in [0.4, 0.5) is 4.39 Å². The van der Waals surface area contributed by atoms with Crippen molar-refractivity contribution in [1.29, 1.82) is 0 Å². The van der Waals surface area contributed by atoms with Crippen molar-refractivity contribution < 1.29 is 27.1 Å². The van der Waals surface area contributed by atoms with Crippen molar-refractivity contribution in [3.05, 3.63) is 65.5 Å². The van der Waals surface area contributed by atoms with Gasteiger partial charge >= 0.3 is 0 Å². The highest BCUT2D eigenvalue weighted by molar-refractivity contribution is 7.90. The van der Waals surface area contributed by atoms with E-state index in [0.717, 1.165) is 44.1 Å². The van der Waals surface area contributed by atoms with Gasteiger partial charge in [0.25, 0.3) is 5.91 Å². The van der Waals surface area contributed by atoms with Crippen molar-refractivity contribution in [3.8, 4) is 17.5 Å². The van der Waals surface area contributed by atoms with Crippen LogP contribution in [0.2, 0.25) is 0 Å². The highest BCUT2D eigenvalue weighted by Crippen LogP contribution is 2.31. The van der Waals surface area contributed by atoms with Crippen molar-refractivity contribution in [1.82, 2.24) is 24.8 Å². The van der Waals surface area contributed by atoms with Gasteiger partial charge in [-0.05, 0) is 63.2 Å². The minimum atomic E-state index is -3.55. The zero-order chi connectivity index (χ0) is 29.0. The van der Waals surface area contributed by atoms with Crippen LogP contribution < -0.4 is 9.47 Å². The van der Waals surface area contributed by atoms with Gasteiger partial charge in [-0.2, -0.15) is 0 Å². The van der Waals surface area contributed by atoms with Crippen LogP contribution in [-0.4, -0.2) is 84.2 Å². The maximum atomic E-state index is 14.5. The Labute approximate surface area is 239 Å². The Morgan fingerprint density at radius 2 is 1.76 bits per heavy atom.